The molecule has 2 aromatic rings. The van der Waals surface area contributed by atoms with E-state index >= 15 is 0 Å². The molecule has 0 saturated carbocycles. The van der Waals surface area contributed by atoms with Crippen LogP contribution in [0.4, 0.5) is 0 Å². The molecule has 0 aromatic carbocycles. The molecule has 1 N–H and O–H groups in total. The quantitative estimate of drug-likeness (QED) is 0.818. The molecule has 0 saturated heterocycles. The number of aromatic nitrogens is 3. The fourth-order valence-corrected chi connectivity index (χ4v) is 1.70. The van der Waals surface area contributed by atoms with Gasteiger partial charge in [0.1, 0.15) is 0 Å². The summed E-state index contributed by atoms with van der Waals surface area (Å²) in [5.41, 5.74) is 3.12. The second-order valence-electron chi connectivity index (χ2n) is 4.22. The molecular formula is C14H18N4. The van der Waals surface area contributed by atoms with Crippen molar-refractivity contribution >= 4 is 0 Å². The Labute approximate surface area is 108 Å². The summed E-state index contributed by atoms with van der Waals surface area (Å²) in [5.74, 6) is 0.736. The van der Waals surface area contributed by atoms with Crippen molar-refractivity contribution in [3.05, 3.63) is 42.0 Å². The van der Waals surface area contributed by atoms with Gasteiger partial charge in [0.15, 0.2) is 5.82 Å². The lowest BCUT2D eigenvalue weighted by Crippen LogP contribution is -2.15. The van der Waals surface area contributed by atoms with Crippen molar-refractivity contribution in [3.8, 4) is 11.4 Å². The molecule has 18 heavy (non-hydrogen) atoms. The minimum Gasteiger partial charge on any atom is -0.313 e. The predicted octanol–water partition coefficient (Wildman–Crippen LogP) is 2.35. The van der Waals surface area contributed by atoms with Gasteiger partial charge in [0.25, 0.3) is 0 Å². The van der Waals surface area contributed by atoms with Crippen molar-refractivity contribution in [2.75, 3.05) is 6.54 Å². The fraction of sp³-hybridized carbons (Fsp3) is 0.357. The third-order valence-electron chi connectivity index (χ3n) is 2.74. The molecule has 2 rings (SSSR count). The molecule has 0 aliphatic carbocycles. The van der Waals surface area contributed by atoms with E-state index in [1.54, 1.807) is 12.4 Å². The van der Waals surface area contributed by atoms with Crippen molar-refractivity contribution in [3.63, 3.8) is 0 Å². The Morgan fingerprint density at radius 3 is 2.83 bits per heavy atom. The van der Waals surface area contributed by atoms with Crippen LogP contribution in [0.5, 0.6) is 0 Å². The average Bonchev–Trinajstić information content (AvgIpc) is 2.42. The van der Waals surface area contributed by atoms with Gasteiger partial charge in [-0.15, -0.1) is 0 Å². The summed E-state index contributed by atoms with van der Waals surface area (Å²) in [4.78, 5) is 13.0. The van der Waals surface area contributed by atoms with E-state index in [1.165, 1.54) is 0 Å². The topological polar surface area (TPSA) is 50.7 Å². The zero-order valence-electron chi connectivity index (χ0n) is 10.8. The number of nitrogens with zero attached hydrogens (tertiary/aromatic N) is 3. The molecular weight excluding hydrogens is 224 g/mol. The first-order chi connectivity index (χ1) is 8.81. The van der Waals surface area contributed by atoms with Crippen LogP contribution < -0.4 is 5.32 Å². The van der Waals surface area contributed by atoms with E-state index in [2.05, 4.69) is 27.2 Å². The van der Waals surface area contributed by atoms with Gasteiger partial charge in [-0.1, -0.05) is 6.92 Å². The zero-order valence-corrected chi connectivity index (χ0v) is 10.8. The van der Waals surface area contributed by atoms with Crippen molar-refractivity contribution in [1.82, 2.24) is 20.3 Å². The van der Waals surface area contributed by atoms with E-state index in [0.717, 1.165) is 42.2 Å². The van der Waals surface area contributed by atoms with Crippen molar-refractivity contribution in [1.29, 1.82) is 0 Å². The average molecular weight is 242 g/mol. The maximum Gasteiger partial charge on any atom is 0.160 e. The second-order valence-corrected chi connectivity index (χ2v) is 4.22. The van der Waals surface area contributed by atoms with Gasteiger partial charge in [0.2, 0.25) is 0 Å². The minimum atomic E-state index is 0.736. The highest BCUT2D eigenvalue weighted by Crippen LogP contribution is 2.14. The van der Waals surface area contributed by atoms with Gasteiger partial charge >= 0.3 is 0 Å². The molecule has 2 aromatic heterocycles. The van der Waals surface area contributed by atoms with Gasteiger partial charge < -0.3 is 5.32 Å². The molecule has 0 fully saturated rings. The van der Waals surface area contributed by atoms with E-state index in [-0.39, 0.29) is 0 Å². The molecule has 0 radical (unpaired) electrons. The summed E-state index contributed by atoms with van der Waals surface area (Å²) >= 11 is 0. The van der Waals surface area contributed by atoms with Crippen LogP contribution in [-0.4, -0.2) is 21.5 Å². The van der Waals surface area contributed by atoms with Crippen LogP contribution in [0.25, 0.3) is 11.4 Å². The predicted molar refractivity (Wildman–Crippen MR) is 72.0 cm³/mol. The Kier molecular flexibility index (Phi) is 4.36. The summed E-state index contributed by atoms with van der Waals surface area (Å²) in [6, 6.07) is 3.86. The smallest absolute Gasteiger partial charge is 0.160 e. The van der Waals surface area contributed by atoms with E-state index in [1.807, 2.05) is 25.3 Å². The van der Waals surface area contributed by atoms with E-state index in [0.29, 0.717) is 0 Å². The largest absolute Gasteiger partial charge is 0.313 e. The summed E-state index contributed by atoms with van der Waals surface area (Å²) in [7, 11) is 0. The van der Waals surface area contributed by atoms with Crippen LogP contribution in [0.2, 0.25) is 0 Å². The normalized spacial score (nSPS) is 10.6. The van der Waals surface area contributed by atoms with Crippen LogP contribution >= 0.6 is 0 Å². The number of aryl methyl sites for hydroxylation is 1. The standard InChI is InChI=1S/C14H18N4/c1-3-6-15-9-13-10-17-14(18-11(13)2)12-5-4-7-16-8-12/h4-5,7-8,10,15H,3,6,9H2,1-2H3. The highest BCUT2D eigenvalue weighted by molar-refractivity contribution is 5.53. The first kappa shape index (κ1) is 12.6. The van der Waals surface area contributed by atoms with Crippen molar-refractivity contribution in [2.24, 2.45) is 0 Å². The fourth-order valence-electron chi connectivity index (χ4n) is 1.70. The maximum absolute atomic E-state index is 4.53. The number of nitrogens with one attached hydrogen (secondary N) is 1. The first-order valence-corrected chi connectivity index (χ1v) is 6.25. The van der Waals surface area contributed by atoms with E-state index < -0.39 is 0 Å². The van der Waals surface area contributed by atoms with Crippen LogP contribution in [-0.2, 0) is 6.54 Å². The zero-order chi connectivity index (χ0) is 12.8. The SMILES string of the molecule is CCCNCc1cnc(-c2cccnc2)nc1C. The number of pyridine rings is 1. The first-order valence-electron chi connectivity index (χ1n) is 6.25. The molecule has 0 aliphatic rings. The molecule has 0 spiro atoms. The number of hydrogen-bond acceptors (Lipinski definition) is 4. The molecule has 0 unspecified atom stereocenters. The third-order valence-corrected chi connectivity index (χ3v) is 2.74. The Balaban J connectivity index is 2.15. The monoisotopic (exact) mass is 242 g/mol. The van der Waals surface area contributed by atoms with Crippen molar-refractivity contribution < 1.29 is 0 Å². The Morgan fingerprint density at radius 1 is 1.28 bits per heavy atom. The molecule has 0 amide bonds. The number of rotatable bonds is 5. The summed E-state index contributed by atoms with van der Waals surface area (Å²) < 4.78 is 0. The maximum atomic E-state index is 4.53. The Hall–Kier alpha value is -1.81. The highest BCUT2D eigenvalue weighted by atomic mass is 14.9. The molecule has 94 valence electrons. The Morgan fingerprint density at radius 2 is 2.17 bits per heavy atom. The molecule has 0 bridgehead atoms. The van der Waals surface area contributed by atoms with Gasteiger partial charge in [0.05, 0.1) is 0 Å². The van der Waals surface area contributed by atoms with Gasteiger partial charge in [-0.25, -0.2) is 9.97 Å². The van der Waals surface area contributed by atoms with E-state index in [4.69, 9.17) is 0 Å². The molecule has 4 heteroatoms. The van der Waals surface area contributed by atoms with Crippen LogP contribution in [0.15, 0.2) is 30.7 Å². The Bertz CT molecular complexity index is 496. The summed E-state index contributed by atoms with van der Waals surface area (Å²) in [5, 5.41) is 3.36. The lowest BCUT2D eigenvalue weighted by molar-refractivity contribution is 0.669. The number of hydrogen-bond donors (Lipinski definition) is 1. The van der Waals surface area contributed by atoms with Gasteiger partial charge in [0, 0.05) is 42.0 Å². The van der Waals surface area contributed by atoms with Gasteiger partial charge in [-0.05, 0) is 32.0 Å². The molecule has 0 atom stereocenters. The molecule has 0 aliphatic heterocycles. The third kappa shape index (κ3) is 3.11. The van der Waals surface area contributed by atoms with Crippen molar-refractivity contribution in [2.45, 2.75) is 26.8 Å². The second kappa shape index (κ2) is 6.21. The molecule has 4 nitrogen and oxygen atoms in total. The van der Waals surface area contributed by atoms with Crippen LogP contribution in [0.3, 0.4) is 0 Å². The van der Waals surface area contributed by atoms with Crippen LogP contribution in [0.1, 0.15) is 24.6 Å². The highest BCUT2D eigenvalue weighted by Gasteiger charge is 2.05. The minimum absolute atomic E-state index is 0.736. The van der Waals surface area contributed by atoms with Gasteiger partial charge in [-0.3, -0.25) is 4.98 Å². The molecule has 2 heterocycles. The lowest BCUT2D eigenvalue weighted by atomic mass is 10.2. The summed E-state index contributed by atoms with van der Waals surface area (Å²) in [6.07, 6.45) is 6.56. The van der Waals surface area contributed by atoms with E-state index in [9.17, 15) is 0 Å². The van der Waals surface area contributed by atoms with Crippen LogP contribution in [0, 0.1) is 6.92 Å². The summed E-state index contributed by atoms with van der Waals surface area (Å²) in [6.45, 7) is 6.02. The lowest BCUT2D eigenvalue weighted by Gasteiger charge is -2.07. The van der Waals surface area contributed by atoms with Gasteiger partial charge in [-0.2, -0.15) is 0 Å².